The summed E-state index contributed by atoms with van der Waals surface area (Å²) in [5, 5.41) is 13.1. The molecule has 1 fully saturated rings. The first kappa shape index (κ1) is 16.8. The van der Waals surface area contributed by atoms with Crippen LogP contribution in [-0.2, 0) is 20.9 Å². The highest BCUT2D eigenvalue weighted by Crippen LogP contribution is 2.14. The number of amides is 2. The lowest BCUT2D eigenvalue weighted by molar-refractivity contribution is -0.141. The van der Waals surface area contributed by atoms with E-state index in [9.17, 15) is 19.5 Å². The van der Waals surface area contributed by atoms with Gasteiger partial charge >= 0.3 is 12.1 Å². The number of alkyl carbamates (subject to hydrolysis) is 1. The van der Waals surface area contributed by atoms with E-state index >= 15 is 0 Å². The van der Waals surface area contributed by atoms with Gasteiger partial charge in [0.1, 0.15) is 12.6 Å². The quantitative estimate of drug-likeness (QED) is 0.704. The lowest BCUT2D eigenvalue weighted by Gasteiger charge is -2.27. The number of hydrogen-bond acceptors (Lipinski definition) is 5. The van der Waals surface area contributed by atoms with Crippen LogP contribution < -0.4 is 10.7 Å². The molecular formula is C15H19N3O5. The van der Waals surface area contributed by atoms with Gasteiger partial charge in [-0.15, -0.1) is 0 Å². The maximum absolute atomic E-state index is 11.8. The summed E-state index contributed by atoms with van der Waals surface area (Å²) in [5.41, 5.74) is 3.35. The van der Waals surface area contributed by atoms with Crippen molar-refractivity contribution in [3.63, 3.8) is 0 Å². The molecule has 1 aliphatic rings. The van der Waals surface area contributed by atoms with E-state index < -0.39 is 24.1 Å². The molecule has 1 aromatic carbocycles. The number of carbonyl (C=O) groups excluding carboxylic acids is 2. The van der Waals surface area contributed by atoms with Gasteiger partial charge in [0.2, 0.25) is 5.91 Å². The Labute approximate surface area is 133 Å². The first-order valence-electron chi connectivity index (χ1n) is 7.27. The summed E-state index contributed by atoms with van der Waals surface area (Å²) in [6.07, 6.45) is -0.833. The number of carbonyl (C=O) groups is 3. The Balaban J connectivity index is 1.95. The van der Waals surface area contributed by atoms with Gasteiger partial charge in [0.15, 0.2) is 0 Å². The molecule has 0 aliphatic carbocycles. The summed E-state index contributed by atoms with van der Waals surface area (Å²) in [7, 11) is 0. The highest BCUT2D eigenvalue weighted by Gasteiger charge is 2.40. The molecule has 3 N–H and O–H groups in total. The third kappa shape index (κ3) is 4.43. The topological polar surface area (TPSA) is 108 Å². The average Bonchev–Trinajstić information content (AvgIpc) is 2.92. The molecule has 23 heavy (non-hydrogen) atoms. The average molecular weight is 321 g/mol. The Morgan fingerprint density at radius 2 is 2.13 bits per heavy atom. The SMILES string of the molecule is CCN1NC(=O)C[C@@H]1[C@H](NC(=O)OCc1ccccc1)C(=O)O. The second-order valence-electron chi connectivity index (χ2n) is 5.11. The lowest BCUT2D eigenvalue weighted by atomic mass is 10.1. The minimum Gasteiger partial charge on any atom is -0.480 e. The van der Waals surface area contributed by atoms with Crippen LogP contribution in [0.4, 0.5) is 4.79 Å². The van der Waals surface area contributed by atoms with Gasteiger partial charge in [0.05, 0.1) is 6.04 Å². The summed E-state index contributed by atoms with van der Waals surface area (Å²) in [5.74, 6) is -1.50. The number of carboxylic acid groups (broad SMARTS) is 1. The Kier molecular flexibility index (Phi) is 5.53. The fraction of sp³-hybridized carbons (Fsp3) is 0.400. The third-order valence-electron chi connectivity index (χ3n) is 3.54. The molecule has 124 valence electrons. The Bertz CT molecular complexity index is 578. The predicted molar refractivity (Wildman–Crippen MR) is 80.1 cm³/mol. The van der Waals surface area contributed by atoms with Crippen molar-refractivity contribution >= 4 is 18.0 Å². The first-order chi connectivity index (χ1) is 11.0. The molecule has 0 saturated carbocycles. The van der Waals surface area contributed by atoms with E-state index in [-0.39, 0.29) is 18.9 Å². The summed E-state index contributed by atoms with van der Waals surface area (Å²) in [6, 6.07) is 7.15. The molecule has 0 spiro atoms. The largest absolute Gasteiger partial charge is 0.480 e. The third-order valence-corrected chi connectivity index (χ3v) is 3.54. The standard InChI is InChI=1S/C15H19N3O5/c1-2-18-11(8-12(19)17-18)13(14(20)21)16-15(22)23-9-10-6-4-3-5-7-10/h3-7,11,13H,2,8-9H2,1H3,(H,16,22)(H,17,19)(H,20,21)/t11-,13+/m1/s1. The zero-order chi connectivity index (χ0) is 16.8. The van der Waals surface area contributed by atoms with Crippen molar-refractivity contribution in [3.8, 4) is 0 Å². The number of aliphatic carboxylic acids is 1. The predicted octanol–water partition coefficient (Wildman–Crippen LogP) is 0.491. The smallest absolute Gasteiger partial charge is 0.408 e. The minimum absolute atomic E-state index is 0.00374. The molecule has 0 radical (unpaired) electrons. The highest BCUT2D eigenvalue weighted by molar-refractivity contribution is 5.84. The molecule has 1 saturated heterocycles. The van der Waals surface area contributed by atoms with Crippen LogP contribution in [0.2, 0.25) is 0 Å². The second-order valence-corrected chi connectivity index (χ2v) is 5.11. The molecule has 0 unspecified atom stereocenters. The summed E-state index contributed by atoms with van der Waals surface area (Å²) in [4.78, 5) is 34.7. The Morgan fingerprint density at radius 3 is 2.74 bits per heavy atom. The lowest BCUT2D eigenvalue weighted by Crippen LogP contribution is -2.55. The van der Waals surface area contributed by atoms with Crippen LogP contribution in [0.5, 0.6) is 0 Å². The van der Waals surface area contributed by atoms with Crippen LogP contribution in [-0.4, -0.2) is 46.7 Å². The van der Waals surface area contributed by atoms with E-state index in [4.69, 9.17) is 4.74 Å². The summed E-state index contributed by atoms with van der Waals surface area (Å²) >= 11 is 0. The maximum atomic E-state index is 11.8. The van der Waals surface area contributed by atoms with E-state index in [1.54, 1.807) is 19.1 Å². The van der Waals surface area contributed by atoms with Gasteiger partial charge in [0.25, 0.3) is 0 Å². The number of ether oxygens (including phenoxy) is 1. The zero-order valence-corrected chi connectivity index (χ0v) is 12.7. The van der Waals surface area contributed by atoms with E-state index in [1.807, 2.05) is 18.2 Å². The Morgan fingerprint density at radius 1 is 1.43 bits per heavy atom. The van der Waals surface area contributed by atoms with Crippen LogP contribution in [0.15, 0.2) is 30.3 Å². The molecule has 8 heteroatoms. The first-order valence-corrected chi connectivity index (χ1v) is 7.27. The van der Waals surface area contributed by atoms with Crippen LogP contribution >= 0.6 is 0 Å². The van der Waals surface area contributed by atoms with Crippen molar-refractivity contribution in [2.75, 3.05) is 6.54 Å². The van der Waals surface area contributed by atoms with E-state index in [0.29, 0.717) is 6.54 Å². The number of nitrogens with zero attached hydrogens (tertiary/aromatic N) is 1. The van der Waals surface area contributed by atoms with Crippen LogP contribution in [0.3, 0.4) is 0 Å². The number of benzene rings is 1. The summed E-state index contributed by atoms with van der Waals surface area (Å²) < 4.78 is 5.03. The molecular weight excluding hydrogens is 302 g/mol. The van der Waals surface area contributed by atoms with Gasteiger partial charge in [0, 0.05) is 13.0 Å². The van der Waals surface area contributed by atoms with E-state index in [1.165, 1.54) is 5.01 Å². The fourth-order valence-electron chi connectivity index (χ4n) is 2.41. The molecule has 2 amide bonds. The van der Waals surface area contributed by atoms with Crippen molar-refractivity contribution in [3.05, 3.63) is 35.9 Å². The van der Waals surface area contributed by atoms with Crippen molar-refractivity contribution in [2.45, 2.75) is 32.0 Å². The Hall–Kier alpha value is -2.61. The second kappa shape index (κ2) is 7.59. The van der Waals surface area contributed by atoms with Gasteiger partial charge in [-0.1, -0.05) is 37.3 Å². The van der Waals surface area contributed by atoms with E-state index in [0.717, 1.165) is 5.56 Å². The number of nitrogens with one attached hydrogen (secondary N) is 2. The van der Waals surface area contributed by atoms with Crippen LogP contribution in [0.1, 0.15) is 18.9 Å². The summed E-state index contributed by atoms with van der Waals surface area (Å²) in [6.45, 7) is 2.25. The van der Waals surface area contributed by atoms with E-state index in [2.05, 4.69) is 10.7 Å². The molecule has 1 aliphatic heterocycles. The zero-order valence-electron chi connectivity index (χ0n) is 12.7. The van der Waals surface area contributed by atoms with Crippen molar-refractivity contribution in [2.24, 2.45) is 0 Å². The minimum atomic E-state index is -1.24. The number of hydrazine groups is 1. The molecule has 0 bridgehead atoms. The molecule has 0 aromatic heterocycles. The number of rotatable bonds is 6. The van der Waals surface area contributed by atoms with Gasteiger partial charge in [-0.25, -0.2) is 14.6 Å². The maximum Gasteiger partial charge on any atom is 0.408 e. The molecule has 8 nitrogen and oxygen atoms in total. The van der Waals surface area contributed by atoms with Crippen LogP contribution in [0.25, 0.3) is 0 Å². The van der Waals surface area contributed by atoms with Gasteiger partial charge in [-0.2, -0.15) is 0 Å². The molecule has 1 heterocycles. The molecule has 2 atom stereocenters. The monoisotopic (exact) mass is 321 g/mol. The molecule has 1 aromatic rings. The fourth-order valence-corrected chi connectivity index (χ4v) is 2.41. The van der Waals surface area contributed by atoms with Crippen molar-refractivity contribution in [1.82, 2.24) is 15.8 Å². The number of hydrogen-bond donors (Lipinski definition) is 3. The number of likely N-dealkylation sites (N-methyl/N-ethyl adjacent to an activating group) is 1. The van der Waals surface area contributed by atoms with Crippen LogP contribution in [0, 0.1) is 0 Å². The number of carboxylic acids is 1. The van der Waals surface area contributed by atoms with Gasteiger partial charge in [-0.3, -0.25) is 10.2 Å². The highest BCUT2D eigenvalue weighted by atomic mass is 16.5. The van der Waals surface area contributed by atoms with Crippen molar-refractivity contribution in [1.29, 1.82) is 0 Å². The van der Waals surface area contributed by atoms with Gasteiger partial charge in [-0.05, 0) is 5.56 Å². The normalized spacial score (nSPS) is 19.0. The molecule has 2 rings (SSSR count). The van der Waals surface area contributed by atoms with Gasteiger partial charge < -0.3 is 15.2 Å². The van der Waals surface area contributed by atoms with Crippen molar-refractivity contribution < 1.29 is 24.2 Å².